The minimum atomic E-state index is -3.83. The van der Waals surface area contributed by atoms with E-state index in [1.165, 1.54) is 12.1 Å². The Morgan fingerprint density at radius 2 is 1.59 bits per heavy atom. The first-order valence-corrected chi connectivity index (χ1v) is 10.2. The quantitative estimate of drug-likeness (QED) is 0.530. The van der Waals surface area contributed by atoms with Crippen molar-refractivity contribution in [1.29, 1.82) is 0 Å². The number of carbonyl (C=O) groups is 2. The summed E-state index contributed by atoms with van der Waals surface area (Å²) >= 11 is 0. The SMILES string of the molecule is Cc1ccc(C(=O)NCCNC(=O)CCNS(=O)(=O)c2ccc(F)cc2)cc1F. The lowest BCUT2D eigenvalue weighted by Crippen LogP contribution is -2.36. The zero-order valence-electron chi connectivity index (χ0n) is 15.7. The van der Waals surface area contributed by atoms with Crippen LogP contribution in [0.5, 0.6) is 0 Å². The van der Waals surface area contributed by atoms with E-state index in [9.17, 15) is 26.8 Å². The monoisotopic (exact) mass is 425 g/mol. The average Bonchev–Trinajstić information content (AvgIpc) is 2.67. The number of sulfonamides is 1. The van der Waals surface area contributed by atoms with Crippen molar-refractivity contribution in [1.82, 2.24) is 15.4 Å². The van der Waals surface area contributed by atoms with Crippen LogP contribution in [0.25, 0.3) is 0 Å². The highest BCUT2D eigenvalue weighted by atomic mass is 32.2. The highest BCUT2D eigenvalue weighted by Gasteiger charge is 2.14. The maximum Gasteiger partial charge on any atom is 0.251 e. The molecule has 3 N–H and O–H groups in total. The largest absolute Gasteiger partial charge is 0.354 e. The van der Waals surface area contributed by atoms with Gasteiger partial charge in [-0.3, -0.25) is 9.59 Å². The topological polar surface area (TPSA) is 104 Å². The molecule has 156 valence electrons. The summed E-state index contributed by atoms with van der Waals surface area (Å²) in [6.07, 6.45) is -0.114. The number of benzene rings is 2. The molecule has 0 saturated heterocycles. The van der Waals surface area contributed by atoms with Gasteiger partial charge in [-0.25, -0.2) is 21.9 Å². The van der Waals surface area contributed by atoms with Gasteiger partial charge in [0.05, 0.1) is 4.90 Å². The molecule has 0 aliphatic carbocycles. The van der Waals surface area contributed by atoms with E-state index in [1.807, 2.05) is 0 Å². The summed E-state index contributed by atoms with van der Waals surface area (Å²) < 4.78 is 52.6. The van der Waals surface area contributed by atoms with E-state index >= 15 is 0 Å². The Hall–Kier alpha value is -2.85. The molecular weight excluding hydrogens is 404 g/mol. The van der Waals surface area contributed by atoms with Crippen LogP contribution in [0, 0.1) is 18.6 Å². The van der Waals surface area contributed by atoms with E-state index in [0.717, 1.165) is 30.3 Å². The fourth-order valence-corrected chi connectivity index (χ4v) is 3.33. The predicted molar refractivity (Wildman–Crippen MR) is 103 cm³/mol. The summed E-state index contributed by atoms with van der Waals surface area (Å²) in [6.45, 7) is 1.71. The molecule has 0 spiro atoms. The molecule has 2 aromatic carbocycles. The Morgan fingerprint density at radius 1 is 0.931 bits per heavy atom. The Morgan fingerprint density at radius 3 is 2.24 bits per heavy atom. The van der Waals surface area contributed by atoms with Crippen molar-refractivity contribution < 1.29 is 26.8 Å². The molecule has 2 rings (SSSR count). The fraction of sp³-hybridized carbons (Fsp3) is 0.263. The van der Waals surface area contributed by atoms with Crippen molar-refractivity contribution in [2.45, 2.75) is 18.2 Å². The number of halogens is 2. The van der Waals surface area contributed by atoms with Crippen LogP contribution >= 0.6 is 0 Å². The molecule has 29 heavy (non-hydrogen) atoms. The third-order valence-corrected chi connectivity index (χ3v) is 5.41. The van der Waals surface area contributed by atoms with Crippen molar-refractivity contribution in [3.8, 4) is 0 Å². The third-order valence-electron chi connectivity index (χ3n) is 3.93. The van der Waals surface area contributed by atoms with E-state index < -0.39 is 33.5 Å². The van der Waals surface area contributed by atoms with Gasteiger partial charge < -0.3 is 10.6 Å². The molecule has 0 bridgehead atoms. The predicted octanol–water partition coefficient (Wildman–Crippen LogP) is 1.49. The van der Waals surface area contributed by atoms with Crippen LogP contribution < -0.4 is 15.4 Å². The summed E-state index contributed by atoms with van der Waals surface area (Å²) in [7, 11) is -3.83. The lowest BCUT2D eigenvalue weighted by atomic mass is 10.1. The van der Waals surface area contributed by atoms with Crippen molar-refractivity contribution in [3.63, 3.8) is 0 Å². The minimum Gasteiger partial charge on any atom is -0.354 e. The molecule has 0 radical (unpaired) electrons. The van der Waals surface area contributed by atoms with E-state index in [-0.39, 0.29) is 36.5 Å². The molecule has 0 saturated carbocycles. The Kier molecular flexibility index (Phi) is 7.80. The maximum atomic E-state index is 13.5. The lowest BCUT2D eigenvalue weighted by Gasteiger charge is -2.09. The van der Waals surface area contributed by atoms with Crippen LogP contribution in [-0.4, -0.2) is 39.9 Å². The van der Waals surface area contributed by atoms with Gasteiger partial charge in [-0.05, 0) is 48.9 Å². The van der Waals surface area contributed by atoms with Gasteiger partial charge in [-0.2, -0.15) is 0 Å². The highest BCUT2D eigenvalue weighted by Crippen LogP contribution is 2.10. The van der Waals surface area contributed by atoms with Gasteiger partial charge in [0.25, 0.3) is 5.91 Å². The maximum absolute atomic E-state index is 13.5. The number of nitrogens with one attached hydrogen (secondary N) is 3. The first kappa shape index (κ1) is 22.4. The molecule has 0 aliphatic heterocycles. The van der Waals surface area contributed by atoms with Crippen LogP contribution in [0.1, 0.15) is 22.3 Å². The molecule has 2 amide bonds. The van der Waals surface area contributed by atoms with Gasteiger partial charge in [-0.15, -0.1) is 0 Å². The van der Waals surface area contributed by atoms with Gasteiger partial charge in [0, 0.05) is 31.6 Å². The first-order valence-electron chi connectivity index (χ1n) is 8.75. The normalized spacial score (nSPS) is 11.1. The van der Waals surface area contributed by atoms with Crippen LogP contribution in [-0.2, 0) is 14.8 Å². The van der Waals surface area contributed by atoms with E-state index in [4.69, 9.17) is 0 Å². The van der Waals surface area contributed by atoms with E-state index in [0.29, 0.717) is 5.56 Å². The molecule has 0 fully saturated rings. The Labute approximate surface area is 167 Å². The van der Waals surface area contributed by atoms with E-state index in [2.05, 4.69) is 15.4 Å². The lowest BCUT2D eigenvalue weighted by molar-refractivity contribution is -0.120. The first-order chi connectivity index (χ1) is 13.7. The Bertz CT molecular complexity index is 979. The molecule has 2 aromatic rings. The van der Waals surface area contributed by atoms with Crippen molar-refractivity contribution in [2.75, 3.05) is 19.6 Å². The summed E-state index contributed by atoms with van der Waals surface area (Å²) in [6, 6.07) is 8.44. The van der Waals surface area contributed by atoms with Crippen molar-refractivity contribution in [3.05, 3.63) is 65.2 Å². The second-order valence-electron chi connectivity index (χ2n) is 6.17. The third kappa shape index (κ3) is 6.91. The van der Waals surface area contributed by atoms with Crippen molar-refractivity contribution >= 4 is 21.8 Å². The van der Waals surface area contributed by atoms with Crippen LogP contribution in [0.15, 0.2) is 47.4 Å². The Balaban J connectivity index is 1.67. The minimum absolute atomic E-state index is 0.102. The van der Waals surface area contributed by atoms with Gasteiger partial charge >= 0.3 is 0 Å². The van der Waals surface area contributed by atoms with E-state index in [1.54, 1.807) is 6.92 Å². The number of carbonyl (C=O) groups excluding carboxylic acids is 2. The molecule has 10 heteroatoms. The second kappa shape index (κ2) is 10.1. The smallest absolute Gasteiger partial charge is 0.251 e. The number of rotatable bonds is 9. The molecule has 0 aromatic heterocycles. The molecule has 7 nitrogen and oxygen atoms in total. The zero-order valence-corrected chi connectivity index (χ0v) is 16.5. The number of hydrogen-bond donors (Lipinski definition) is 3. The van der Waals surface area contributed by atoms with Gasteiger partial charge in [0.15, 0.2) is 0 Å². The van der Waals surface area contributed by atoms with Crippen molar-refractivity contribution in [2.24, 2.45) is 0 Å². The summed E-state index contributed by atoms with van der Waals surface area (Å²) in [5, 5.41) is 5.08. The van der Waals surface area contributed by atoms with Crippen LogP contribution in [0.4, 0.5) is 8.78 Å². The summed E-state index contributed by atoms with van der Waals surface area (Å²) in [4.78, 5) is 23.5. The number of hydrogen-bond acceptors (Lipinski definition) is 4. The highest BCUT2D eigenvalue weighted by molar-refractivity contribution is 7.89. The average molecular weight is 425 g/mol. The number of aryl methyl sites for hydroxylation is 1. The molecule has 0 atom stereocenters. The fourth-order valence-electron chi connectivity index (χ4n) is 2.30. The molecule has 0 aliphatic rings. The summed E-state index contributed by atoms with van der Waals surface area (Å²) in [5.74, 6) is -1.91. The van der Waals surface area contributed by atoms with Crippen LogP contribution in [0.2, 0.25) is 0 Å². The van der Waals surface area contributed by atoms with Crippen LogP contribution in [0.3, 0.4) is 0 Å². The molecular formula is C19H21F2N3O4S. The molecule has 0 heterocycles. The standard InChI is InChI=1S/C19H21F2N3O4S/c1-13-2-3-14(12-17(13)21)19(26)23-11-10-22-18(25)8-9-24-29(27,28)16-6-4-15(20)5-7-16/h2-7,12,24H,8-11H2,1H3,(H,22,25)(H,23,26). The van der Waals surface area contributed by atoms with Gasteiger partial charge in [0.2, 0.25) is 15.9 Å². The zero-order chi connectivity index (χ0) is 21.4. The second-order valence-corrected chi connectivity index (χ2v) is 7.94. The molecule has 0 unspecified atom stereocenters. The van der Waals surface area contributed by atoms with Gasteiger partial charge in [-0.1, -0.05) is 6.07 Å². The van der Waals surface area contributed by atoms with Gasteiger partial charge in [0.1, 0.15) is 11.6 Å². The summed E-state index contributed by atoms with van der Waals surface area (Å²) in [5.41, 5.74) is 0.610. The number of amides is 2.